The first-order chi connectivity index (χ1) is 8.79. The summed E-state index contributed by atoms with van der Waals surface area (Å²) in [4.78, 5) is 2.25. The Hall–Kier alpha value is -1.10. The summed E-state index contributed by atoms with van der Waals surface area (Å²) in [5.74, 6) is 0.873. The van der Waals surface area contributed by atoms with E-state index in [0.717, 1.165) is 43.8 Å². The van der Waals surface area contributed by atoms with E-state index in [1.54, 1.807) is 0 Å². The van der Waals surface area contributed by atoms with Gasteiger partial charge in [-0.3, -0.25) is 4.90 Å². The van der Waals surface area contributed by atoms with Gasteiger partial charge in [-0.15, -0.1) is 0 Å². The number of aliphatic hydroxyl groups excluding tert-OH is 1. The molecule has 1 aliphatic heterocycles. The first-order valence-corrected chi connectivity index (χ1v) is 6.61. The lowest BCUT2D eigenvalue weighted by Gasteiger charge is -2.29. The van der Waals surface area contributed by atoms with Crippen LogP contribution < -0.4 is 10.5 Å². The molecular formula is C14H22N2O2. The first-order valence-electron chi connectivity index (χ1n) is 6.61. The molecule has 1 aliphatic rings. The standard InChI is InChI=1S/C14H22N2O2/c15-10-12-4-1-2-6-14(12)18-9-8-16-7-3-5-13(17)11-16/h1-2,4,6,13,17H,3,5,7-11,15H2. The van der Waals surface area contributed by atoms with Gasteiger partial charge in [-0.2, -0.15) is 0 Å². The zero-order valence-electron chi connectivity index (χ0n) is 10.7. The van der Waals surface area contributed by atoms with Gasteiger partial charge in [-0.1, -0.05) is 18.2 Å². The van der Waals surface area contributed by atoms with Gasteiger partial charge in [0.2, 0.25) is 0 Å². The summed E-state index contributed by atoms with van der Waals surface area (Å²) in [7, 11) is 0. The Balaban J connectivity index is 1.77. The van der Waals surface area contributed by atoms with Crippen molar-refractivity contribution in [1.29, 1.82) is 0 Å². The molecule has 1 heterocycles. The van der Waals surface area contributed by atoms with E-state index in [1.807, 2.05) is 24.3 Å². The lowest BCUT2D eigenvalue weighted by molar-refractivity contribution is 0.0632. The van der Waals surface area contributed by atoms with Crippen LogP contribution in [0.3, 0.4) is 0 Å². The highest BCUT2D eigenvalue weighted by molar-refractivity contribution is 5.32. The van der Waals surface area contributed by atoms with Gasteiger partial charge < -0.3 is 15.6 Å². The molecule has 0 saturated carbocycles. The van der Waals surface area contributed by atoms with E-state index in [9.17, 15) is 5.11 Å². The van der Waals surface area contributed by atoms with Crippen molar-refractivity contribution >= 4 is 0 Å². The highest BCUT2D eigenvalue weighted by atomic mass is 16.5. The number of hydrogen-bond donors (Lipinski definition) is 2. The summed E-state index contributed by atoms with van der Waals surface area (Å²) in [5.41, 5.74) is 6.70. The second kappa shape index (κ2) is 6.73. The zero-order valence-corrected chi connectivity index (χ0v) is 10.7. The predicted molar refractivity (Wildman–Crippen MR) is 71.5 cm³/mol. The van der Waals surface area contributed by atoms with Crippen molar-refractivity contribution in [2.24, 2.45) is 5.73 Å². The monoisotopic (exact) mass is 250 g/mol. The number of nitrogens with two attached hydrogens (primary N) is 1. The minimum Gasteiger partial charge on any atom is -0.492 e. The summed E-state index contributed by atoms with van der Waals surface area (Å²) >= 11 is 0. The smallest absolute Gasteiger partial charge is 0.123 e. The van der Waals surface area contributed by atoms with Gasteiger partial charge in [0, 0.05) is 25.2 Å². The molecule has 100 valence electrons. The minimum atomic E-state index is -0.171. The molecule has 1 aromatic rings. The van der Waals surface area contributed by atoms with Gasteiger partial charge in [-0.25, -0.2) is 0 Å². The van der Waals surface area contributed by atoms with E-state index in [4.69, 9.17) is 10.5 Å². The Morgan fingerprint density at radius 1 is 1.39 bits per heavy atom. The van der Waals surface area contributed by atoms with E-state index in [0.29, 0.717) is 13.2 Å². The Morgan fingerprint density at radius 2 is 2.22 bits per heavy atom. The molecule has 3 N–H and O–H groups in total. The van der Waals surface area contributed by atoms with Crippen molar-refractivity contribution in [3.63, 3.8) is 0 Å². The van der Waals surface area contributed by atoms with Gasteiger partial charge >= 0.3 is 0 Å². The summed E-state index contributed by atoms with van der Waals surface area (Å²) in [6.07, 6.45) is 1.82. The van der Waals surface area contributed by atoms with Crippen molar-refractivity contribution in [2.45, 2.75) is 25.5 Å². The number of likely N-dealkylation sites (tertiary alicyclic amines) is 1. The fraction of sp³-hybridized carbons (Fsp3) is 0.571. The summed E-state index contributed by atoms with van der Waals surface area (Å²) in [6.45, 7) is 3.82. The van der Waals surface area contributed by atoms with Crippen LogP contribution in [0.25, 0.3) is 0 Å². The number of aliphatic hydroxyl groups is 1. The summed E-state index contributed by atoms with van der Waals surface area (Å²) in [6, 6.07) is 7.86. The number of β-amino-alcohol motifs (C(OH)–C–C–N with tert-alkyl or cyclic N) is 1. The zero-order chi connectivity index (χ0) is 12.8. The number of rotatable bonds is 5. The molecule has 0 amide bonds. The van der Waals surface area contributed by atoms with Gasteiger partial charge in [-0.05, 0) is 25.5 Å². The molecule has 0 bridgehead atoms. The van der Waals surface area contributed by atoms with Gasteiger partial charge in [0.05, 0.1) is 6.10 Å². The Kier molecular flexibility index (Phi) is 4.99. The molecule has 0 aromatic heterocycles. The van der Waals surface area contributed by atoms with E-state index in [1.165, 1.54) is 0 Å². The number of benzene rings is 1. The average Bonchev–Trinajstić information content (AvgIpc) is 2.39. The third-order valence-corrected chi connectivity index (χ3v) is 3.34. The van der Waals surface area contributed by atoms with E-state index < -0.39 is 0 Å². The van der Waals surface area contributed by atoms with Gasteiger partial charge in [0.25, 0.3) is 0 Å². The van der Waals surface area contributed by atoms with Gasteiger partial charge in [0.1, 0.15) is 12.4 Å². The van der Waals surface area contributed by atoms with Crippen LogP contribution in [0, 0.1) is 0 Å². The Labute approximate surface area is 108 Å². The van der Waals surface area contributed by atoms with Crippen molar-refractivity contribution in [2.75, 3.05) is 26.2 Å². The average molecular weight is 250 g/mol. The number of hydrogen-bond acceptors (Lipinski definition) is 4. The lowest BCUT2D eigenvalue weighted by atomic mass is 10.1. The van der Waals surface area contributed by atoms with Crippen LogP contribution >= 0.6 is 0 Å². The van der Waals surface area contributed by atoms with Crippen molar-refractivity contribution in [3.05, 3.63) is 29.8 Å². The Morgan fingerprint density at radius 3 is 3.00 bits per heavy atom. The van der Waals surface area contributed by atoms with Gasteiger partial charge in [0.15, 0.2) is 0 Å². The fourth-order valence-corrected chi connectivity index (χ4v) is 2.33. The molecule has 1 aromatic carbocycles. The molecule has 18 heavy (non-hydrogen) atoms. The molecule has 1 saturated heterocycles. The van der Waals surface area contributed by atoms with E-state index >= 15 is 0 Å². The van der Waals surface area contributed by atoms with Crippen molar-refractivity contribution in [1.82, 2.24) is 4.90 Å². The van der Waals surface area contributed by atoms with E-state index in [2.05, 4.69) is 4.90 Å². The van der Waals surface area contributed by atoms with Crippen molar-refractivity contribution < 1.29 is 9.84 Å². The van der Waals surface area contributed by atoms with Crippen LogP contribution in [0.1, 0.15) is 18.4 Å². The molecule has 1 atom stereocenters. The molecular weight excluding hydrogens is 228 g/mol. The van der Waals surface area contributed by atoms with E-state index in [-0.39, 0.29) is 6.10 Å². The van der Waals surface area contributed by atoms with Crippen LogP contribution in [0.2, 0.25) is 0 Å². The third kappa shape index (κ3) is 3.70. The first kappa shape index (κ1) is 13.3. The number of ether oxygens (including phenoxy) is 1. The lowest BCUT2D eigenvalue weighted by Crippen LogP contribution is -2.40. The molecule has 1 unspecified atom stereocenters. The largest absolute Gasteiger partial charge is 0.492 e. The Bertz CT molecular complexity index is 371. The van der Waals surface area contributed by atoms with Crippen LogP contribution in [-0.2, 0) is 6.54 Å². The molecule has 0 radical (unpaired) electrons. The molecule has 0 aliphatic carbocycles. The molecule has 0 spiro atoms. The number of para-hydroxylation sites is 1. The molecule has 2 rings (SSSR count). The van der Waals surface area contributed by atoms with Crippen LogP contribution in [0.5, 0.6) is 5.75 Å². The topological polar surface area (TPSA) is 58.7 Å². The maximum absolute atomic E-state index is 9.58. The SMILES string of the molecule is NCc1ccccc1OCCN1CCCC(O)C1. The summed E-state index contributed by atoms with van der Waals surface area (Å²) in [5, 5.41) is 9.58. The normalized spacial score (nSPS) is 20.9. The fourth-order valence-electron chi connectivity index (χ4n) is 2.33. The second-order valence-electron chi connectivity index (χ2n) is 4.76. The maximum Gasteiger partial charge on any atom is 0.123 e. The number of nitrogens with zero attached hydrogens (tertiary/aromatic N) is 1. The quantitative estimate of drug-likeness (QED) is 0.818. The van der Waals surface area contributed by atoms with Crippen LogP contribution in [-0.4, -0.2) is 42.4 Å². The highest BCUT2D eigenvalue weighted by Crippen LogP contribution is 2.17. The third-order valence-electron chi connectivity index (χ3n) is 3.34. The number of piperidine rings is 1. The maximum atomic E-state index is 9.58. The predicted octanol–water partition coefficient (Wildman–Crippen LogP) is 0.981. The highest BCUT2D eigenvalue weighted by Gasteiger charge is 2.17. The van der Waals surface area contributed by atoms with Crippen molar-refractivity contribution in [3.8, 4) is 5.75 Å². The van der Waals surface area contributed by atoms with Crippen LogP contribution in [0.15, 0.2) is 24.3 Å². The minimum absolute atomic E-state index is 0.171. The second-order valence-corrected chi connectivity index (χ2v) is 4.76. The summed E-state index contributed by atoms with van der Waals surface area (Å²) < 4.78 is 5.76. The molecule has 4 heteroatoms. The van der Waals surface area contributed by atoms with Crippen LogP contribution in [0.4, 0.5) is 0 Å². The molecule has 4 nitrogen and oxygen atoms in total. The molecule has 1 fully saturated rings.